The van der Waals surface area contributed by atoms with Crippen LogP contribution in [0.4, 0.5) is 8.78 Å². The highest BCUT2D eigenvalue weighted by molar-refractivity contribution is 5.81. The molecule has 0 spiro atoms. The molecule has 0 amide bonds. The van der Waals surface area contributed by atoms with Crippen molar-refractivity contribution in [3.05, 3.63) is 65.2 Å². The Bertz CT molecular complexity index is 615. The predicted molar refractivity (Wildman–Crippen MR) is 76.8 cm³/mol. The molecule has 0 aromatic heterocycles. The molecule has 0 unspecified atom stereocenters. The molecular formula is C16H15F2NO2. The van der Waals surface area contributed by atoms with E-state index in [1.165, 1.54) is 12.3 Å². The van der Waals surface area contributed by atoms with Crippen LogP contribution in [-0.2, 0) is 11.4 Å². The summed E-state index contributed by atoms with van der Waals surface area (Å²) in [6.07, 6.45) is -1.24. The molecule has 5 heteroatoms. The van der Waals surface area contributed by atoms with Crippen molar-refractivity contribution in [3.63, 3.8) is 0 Å². The number of hydrogen-bond donors (Lipinski definition) is 0. The zero-order valence-corrected chi connectivity index (χ0v) is 11.5. The Kier molecular flexibility index (Phi) is 5.26. The number of alkyl halides is 2. The van der Waals surface area contributed by atoms with Gasteiger partial charge in [-0.1, -0.05) is 41.6 Å². The van der Waals surface area contributed by atoms with Gasteiger partial charge in [-0.2, -0.15) is 0 Å². The van der Waals surface area contributed by atoms with Crippen molar-refractivity contribution in [2.45, 2.75) is 13.0 Å². The molecule has 0 aliphatic heterocycles. The monoisotopic (exact) mass is 291 g/mol. The molecule has 0 bridgehead atoms. The second-order valence-electron chi connectivity index (χ2n) is 4.29. The third-order valence-corrected chi connectivity index (χ3v) is 2.86. The summed E-state index contributed by atoms with van der Waals surface area (Å²) in [6.45, 7) is 0.241. The van der Waals surface area contributed by atoms with Gasteiger partial charge in [0, 0.05) is 11.1 Å². The number of ether oxygens (including phenoxy) is 1. The lowest BCUT2D eigenvalue weighted by Gasteiger charge is -2.04. The van der Waals surface area contributed by atoms with Crippen LogP contribution in [0, 0.1) is 0 Å². The highest BCUT2D eigenvalue weighted by atomic mass is 19.3. The van der Waals surface area contributed by atoms with E-state index in [-0.39, 0.29) is 12.2 Å². The summed E-state index contributed by atoms with van der Waals surface area (Å²) in [5.74, 6) is 0.725. The van der Waals surface area contributed by atoms with Crippen LogP contribution in [0.5, 0.6) is 5.75 Å². The number of benzene rings is 2. The van der Waals surface area contributed by atoms with Crippen LogP contribution in [0.15, 0.2) is 53.7 Å². The van der Waals surface area contributed by atoms with Crippen LogP contribution < -0.4 is 4.74 Å². The van der Waals surface area contributed by atoms with Crippen molar-refractivity contribution in [1.29, 1.82) is 0 Å². The van der Waals surface area contributed by atoms with Gasteiger partial charge in [-0.05, 0) is 17.7 Å². The molecule has 0 N–H and O–H groups in total. The Labute approximate surface area is 121 Å². The molecule has 21 heavy (non-hydrogen) atoms. The molecule has 0 atom stereocenters. The van der Waals surface area contributed by atoms with Crippen LogP contribution in [0.3, 0.4) is 0 Å². The molecule has 0 saturated carbocycles. The van der Waals surface area contributed by atoms with Crippen LogP contribution in [0.25, 0.3) is 0 Å². The second kappa shape index (κ2) is 7.38. The summed E-state index contributed by atoms with van der Waals surface area (Å²) in [6, 6.07) is 13.5. The zero-order chi connectivity index (χ0) is 15.1. The molecule has 0 radical (unpaired) electrons. The Morgan fingerprint density at radius 3 is 2.71 bits per heavy atom. The first-order valence-corrected chi connectivity index (χ1v) is 6.36. The van der Waals surface area contributed by atoms with Gasteiger partial charge in [0.25, 0.3) is 6.43 Å². The maximum atomic E-state index is 12.8. The van der Waals surface area contributed by atoms with Crippen LogP contribution >= 0.6 is 0 Å². The van der Waals surface area contributed by atoms with E-state index in [1.807, 2.05) is 24.3 Å². The topological polar surface area (TPSA) is 30.8 Å². The average molecular weight is 291 g/mol. The first-order valence-electron chi connectivity index (χ1n) is 6.36. The Morgan fingerprint density at radius 1 is 1.14 bits per heavy atom. The zero-order valence-electron chi connectivity index (χ0n) is 11.5. The van der Waals surface area contributed by atoms with E-state index >= 15 is 0 Å². The summed E-state index contributed by atoms with van der Waals surface area (Å²) >= 11 is 0. The molecule has 0 saturated heterocycles. The van der Waals surface area contributed by atoms with Crippen molar-refractivity contribution >= 4 is 6.21 Å². The van der Waals surface area contributed by atoms with Gasteiger partial charge in [-0.25, -0.2) is 8.78 Å². The third kappa shape index (κ3) is 4.27. The largest absolute Gasteiger partial charge is 0.497 e. The summed E-state index contributed by atoms with van der Waals surface area (Å²) in [5, 5.41) is 3.74. The van der Waals surface area contributed by atoms with Gasteiger partial charge in [0.1, 0.15) is 12.4 Å². The second-order valence-corrected chi connectivity index (χ2v) is 4.29. The normalized spacial score (nSPS) is 11.0. The smallest absolute Gasteiger partial charge is 0.264 e. The first kappa shape index (κ1) is 15.0. The van der Waals surface area contributed by atoms with E-state index in [4.69, 9.17) is 9.57 Å². The van der Waals surface area contributed by atoms with Crippen molar-refractivity contribution in [2.24, 2.45) is 5.16 Å². The molecular weight excluding hydrogens is 276 g/mol. The lowest BCUT2D eigenvalue weighted by Crippen LogP contribution is -1.94. The standard InChI is InChI=1S/C16H15F2NO2/c1-20-14-7-4-5-12(9-14)11-21-19-10-13-6-2-3-8-15(13)16(17)18/h2-10,16H,11H2,1H3. The van der Waals surface area contributed by atoms with Gasteiger partial charge in [0.15, 0.2) is 0 Å². The van der Waals surface area contributed by atoms with E-state index in [1.54, 1.807) is 25.3 Å². The number of halogens is 2. The molecule has 0 fully saturated rings. The van der Waals surface area contributed by atoms with Crippen LogP contribution in [-0.4, -0.2) is 13.3 Å². The van der Waals surface area contributed by atoms with Gasteiger partial charge >= 0.3 is 0 Å². The van der Waals surface area contributed by atoms with E-state index in [9.17, 15) is 8.78 Å². The van der Waals surface area contributed by atoms with Gasteiger partial charge < -0.3 is 9.57 Å². The summed E-state index contributed by atoms with van der Waals surface area (Å²) < 4.78 is 30.6. The molecule has 110 valence electrons. The number of oxime groups is 1. The van der Waals surface area contributed by atoms with Crippen molar-refractivity contribution in [1.82, 2.24) is 0 Å². The maximum absolute atomic E-state index is 12.8. The quantitative estimate of drug-likeness (QED) is 0.590. The number of nitrogens with zero attached hydrogens (tertiary/aromatic N) is 1. The summed E-state index contributed by atoms with van der Waals surface area (Å²) in [7, 11) is 1.58. The Morgan fingerprint density at radius 2 is 1.95 bits per heavy atom. The number of methoxy groups -OCH3 is 1. The van der Waals surface area contributed by atoms with Crippen molar-refractivity contribution in [2.75, 3.05) is 7.11 Å². The van der Waals surface area contributed by atoms with Crippen molar-refractivity contribution in [3.8, 4) is 5.75 Å². The minimum Gasteiger partial charge on any atom is -0.497 e. The SMILES string of the molecule is COc1cccc(CON=Cc2ccccc2C(F)F)c1. The Balaban J connectivity index is 1.97. The molecule has 0 aliphatic rings. The van der Waals surface area contributed by atoms with Gasteiger partial charge in [-0.15, -0.1) is 0 Å². The first-order chi connectivity index (χ1) is 10.2. The lowest BCUT2D eigenvalue weighted by molar-refractivity contribution is 0.131. The number of hydrogen-bond acceptors (Lipinski definition) is 3. The summed E-state index contributed by atoms with van der Waals surface area (Å²) in [4.78, 5) is 5.13. The molecule has 2 rings (SSSR count). The van der Waals surface area contributed by atoms with E-state index in [0.29, 0.717) is 5.56 Å². The van der Waals surface area contributed by atoms with E-state index in [0.717, 1.165) is 11.3 Å². The number of rotatable bonds is 6. The molecule has 0 heterocycles. The Hall–Kier alpha value is -2.43. The minimum absolute atomic E-state index is 0.0637. The predicted octanol–water partition coefficient (Wildman–Crippen LogP) is 4.18. The fourth-order valence-electron chi connectivity index (χ4n) is 1.80. The van der Waals surface area contributed by atoms with Crippen LogP contribution in [0.2, 0.25) is 0 Å². The average Bonchev–Trinajstić information content (AvgIpc) is 2.52. The lowest BCUT2D eigenvalue weighted by atomic mass is 10.1. The highest BCUT2D eigenvalue weighted by Gasteiger charge is 2.10. The summed E-state index contributed by atoms with van der Waals surface area (Å²) in [5.41, 5.74) is 1.16. The van der Waals surface area contributed by atoms with Crippen LogP contribution in [0.1, 0.15) is 23.1 Å². The van der Waals surface area contributed by atoms with Gasteiger partial charge in [-0.3, -0.25) is 0 Å². The van der Waals surface area contributed by atoms with Gasteiger partial charge in [0.05, 0.1) is 13.3 Å². The highest BCUT2D eigenvalue weighted by Crippen LogP contribution is 2.21. The van der Waals surface area contributed by atoms with E-state index < -0.39 is 6.43 Å². The van der Waals surface area contributed by atoms with E-state index in [2.05, 4.69) is 5.16 Å². The fraction of sp³-hybridized carbons (Fsp3) is 0.188. The molecule has 3 nitrogen and oxygen atoms in total. The maximum Gasteiger partial charge on any atom is 0.264 e. The fourth-order valence-corrected chi connectivity index (χ4v) is 1.80. The van der Waals surface area contributed by atoms with Gasteiger partial charge in [0.2, 0.25) is 0 Å². The molecule has 2 aromatic carbocycles. The molecule has 2 aromatic rings. The molecule has 0 aliphatic carbocycles. The third-order valence-electron chi connectivity index (χ3n) is 2.86. The minimum atomic E-state index is -2.54. The van der Waals surface area contributed by atoms with Crippen molar-refractivity contribution < 1.29 is 18.4 Å².